The Morgan fingerprint density at radius 2 is 2.33 bits per heavy atom. The number of rotatable bonds is 6. The van der Waals surface area contributed by atoms with Crippen LogP contribution in [-0.2, 0) is 6.42 Å². The van der Waals surface area contributed by atoms with Crippen molar-refractivity contribution in [1.82, 2.24) is 4.98 Å². The van der Waals surface area contributed by atoms with Crippen LogP contribution in [0.4, 0.5) is 0 Å². The molecule has 0 bridgehead atoms. The van der Waals surface area contributed by atoms with Gasteiger partial charge in [0, 0.05) is 16.2 Å². The average Bonchev–Trinajstić information content (AvgIpc) is 2.91. The monoisotopic (exact) mass is 323 g/mol. The van der Waals surface area contributed by atoms with E-state index >= 15 is 0 Å². The molecule has 0 amide bonds. The Morgan fingerprint density at radius 3 is 2.95 bits per heavy atom. The van der Waals surface area contributed by atoms with Crippen molar-refractivity contribution in [2.24, 2.45) is 10.9 Å². The maximum atomic E-state index is 8.94. The van der Waals surface area contributed by atoms with Crippen molar-refractivity contribution in [2.75, 3.05) is 12.9 Å². The van der Waals surface area contributed by atoms with E-state index in [1.165, 1.54) is 16.6 Å². The maximum Gasteiger partial charge on any atom is 0.174 e. The van der Waals surface area contributed by atoms with Crippen LogP contribution in [0.15, 0.2) is 33.8 Å². The second-order valence-corrected chi connectivity index (χ2v) is 6.07. The first-order valence-corrected chi connectivity index (χ1v) is 8.44. The van der Waals surface area contributed by atoms with Gasteiger partial charge in [-0.15, -0.1) is 23.1 Å². The highest BCUT2D eigenvalue weighted by Crippen LogP contribution is 2.29. The molecule has 0 atom stereocenters. The molecule has 0 aliphatic rings. The Kier molecular flexibility index (Phi) is 5.46. The van der Waals surface area contributed by atoms with Crippen molar-refractivity contribution in [1.29, 1.82) is 0 Å². The zero-order chi connectivity index (χ0) is 15.2. The second-order valence-electron chi connectivity index (χ2n) is 4.28. The van der Waals surface area contributed by atoms with Gasteiger partial charge < -0.3 is 15.7 Å². The molecule has 3 N–H and O–H groups in total. The molecular formula is C14H17N3O2S2. The number of benzene rings is 1. The first kappa shape index (κ1) is 15.7. The van der Waals surface area contributed by atoms with Crippen LogP contribution in [0.2, 0.25) is 0 Å². The Hall–Kier alpha value is -1.73. The van der Waals surface area contributed by atoms with Gasteiger partial charge in [-0.2, -0.15) is 0 Å². The SMILES string of the molecule is CSc1cccc(OCCc2scnc2C)c1/C(N)=N/O. The minimum Gasteiger partial charge on any atom is -0.492 e. The van der Waals surface area contributed by atoms with Gasteiger partial charge in [0.1, 0.15) is 5.75 Å². The molecular weight excluding hydrogens is 306 g/mol. The van der Waals surface area contributed by atoms with Crippen LogP contribution in [0.1, 0.15) is 16.1 Å². The summed E-state index contributed by atoms with van der Waals surface area (Å²) in [5, 5.41) is 12.0. The highest BCUT2D eigenvalue weighted by atomic mass is 32.2. The molecule has 7 heteroatoms. The molecule has 0 unspecified atom stereocenters. The average molecular weight is 323 g/mol. The van der Waals surface area contributed by atoms with E-state index in [-0.39, 0.29) is 5.84 Å². The highest BCUT2D eigenvalue weighted by molar-refractivity contribution is 7.98. The lowest BCUT2D eigenvalue weighted by molar-refractivity contribution is 0.313. The molecule has 0 aliphatic carbocycles. The smallest absolute Gasteiger partial charge is 0.174 e. The Labute approximate surface area is 131 Å². The normalized spacial score (nSPS) is 11.6. The van der Waals surface area contributed by atoms with Crippen molar-refractivity contribution in [2.45, 2.75) is 18.2 Å². The number of thiazole rings is 1. The van der Waals surface area contributed by atoms with Gasteiger partial charge in [0.15, 0.2) is 5.84 Å². The van der Waals surface area contributed by atoms with Crippen LogP contribution >= 0.6 is 23.1 Å². The van der Waals surface area contributed by atoms with Crippen LogP contribution in [0.25, 0.3) is 0 Å². The molecule has 1 aromatic heterocycles. The van der Waals surface area contributed by atoms with E-state index in [0.717, 1.165) is 17.0 Å². The van der Waals surface area contributed by atoms with Crippen LogP contribution in [0.3, 0.4) is 0 Å². The lowest BCUT2D eigenvalue weighted by atomic mass is 10.2. The number of amidine groups is 1. The summed E-state index contributed by atoms with van der Waals surface area (Å²) >= 11 is 3.15. The molecule has 0 saturated carbocycles. The van der Waals surface area contributed by atoms with E-state index in [9.17, 15) is 0 Å². The molecule has 0 aliphatic heterocycles. The molecule has 0 saturated heterocycles. The Bertz CT molecular complexity index is 641. The van der Waals surface area contributed by atoms with E-state index in [0.29, 0.717) is 17.9 Å². The van der Waals surface area contributed by atoms with E-state index in [1.807, 2.05) is 36.9 Å². The fraction of sp³-hybridized carbons (Fsp3) is 0.286. The number of thioether (sulfide) groups is 1. The molecule has 0 fully saturated rings. The summed E-state index contributed by atoms with van der Waals surface area (Å²) < 4.78 is 5.82. The third-order valence-corrected chi connectivity index (χ3v) is 4.78. The number of nitrogens with two attached hydrogens (primary N) is 1. The summed E-state index contributed by atoms with van der Waals surface area (Å²) in [6.07, 6.45) is 2.73. The van der Waals surface area contributed by atoms with Gasteiger partial charge in [0.25, 0.3) is 0 Å². The van der Waals surface area contributed by atoms with Gasteiger partial charge >= 0.3 is 0 Å². The highest BCUT2D eigenvalue weighted by Gasteiger charge is 2.14. The minimum atomic E-state index is 0.0592. The van der Waals surface area contributed by atoms with Crippen LogP contribution in [0, 0.1) is 6.92 Å². The summed E-state index contributed by atoms with van der Waals surface area (Å²) in [6, 6.07) is 5.64. The minimum absolute atomic E-state index is 0.0592. The Morgan fingerprint density at radius 1 is 1.52 bits per heavy atom. The second kappa shape index (κ2) is 7.33. The number of oxime groups is 1. The van der Waals surface area contributed by atoms with Gasteiger partial charge in [-0.25, -0.2) is 4.98 Å². The third-order valence-electron chi connectivity index (χ3n) is 3.00. The molecule has 1 aromatic carbocycles. The predicted molar refractivity (Wildman–Crippen MR) is 86.8 cm³/mol. The molecule has 0 spiro atoms. The maximum absolute atomic E-state index is 8.94. The molecule has 21 heavy (non-hydrogen) atoms. The van der Waals surface area contributed by atoms with Crippen molar-refractivity contribution >= 4 is 28.9 Å². The molecule has 112 valence electrons. The van der Waals surface area contributed by atoms with Gasteiger partial charge in [-0.3, -0.25) is 0 Å². The summed E-state index contributed by atoms with van der Waals surface area (Å²) in [7, 11) is 0. The lowest BCUT2D eigenvalue weighted by Crippen LogP contribution is -2.16. The fourth-order valence-electron chi connectivity index (χ4n) is 1.92. The van der Waals surface area contributed by atoms with E-state index in [2.05, 4.69) is 10.1 Å². The van der Waals surface area contributed by atoms with Crippen molar-refractivity contribution < 1.29 is 9.94 Å². The van der Waals surface area contributed by atoms with Crippen LogP contribution < -0.4 is 10.5 Å². The summed E-state index contributed by atoms with van der Waals surface area (Å²) in [5.74, 6) is 0.684. The van der Waals surface area contributed by atoms with E-state index in [4.69, 9.17) is 15.7 Å². The van der Waals surface area contributed by atoms with Crippen molar-refractivity contribution in [3.8, 4) is 5.75 Å². The van der Waals surface area contributed by atoms with Gasteiger partial charge in [0.05, 0.1) is 23.4 Å². The lowest BCUT2D eigenvalue weighted by Gasteiger charge is -2.13. The quantitative estimate of drug-likeness (QED) is 0.281. The summed E-state index contributed by atoms with van der Waals surface area (Å²) in [6.45, 7) is 2.51. The number of hydrogen-bond acceptors (Lipinski definition) is 6. The molecule has 2 rings (SSSR count). The van der Waals surface area contributed by atoms with Gasteiger partial charge in [0.2, 0.25) is 0 Å². The number of nitrogens with zero attached hydrogens (tertiary/aromatic N) is 2. The van der Waals surface area contributed by atoms with E-state index < -0.39 is 0 Å². The van der Waals surface area contributed by atoms with Crippen molar-refractivity contribution in [3.05, 3.63) is 39.8 Å². The number of hydrogen-bond donors (Lipinski definition) is 2. The number of aryl methyl sites for hydroxylation is 1. The summed E-state index contributed by atoms with van der Waals surface area (Å²) in [4.78, 5) is 6.34. The van der Waals surface area contributed by atoms with Crippen LogP contribution in [-0.4, -0.2) is 28.9 Å². The molecule has 5 nitrogen and oxygen atoms in total. The molecule has 2 aromatic rings. The number of ether oxygens (including phenoxy) is 1. The topological polar surface area (TPSA) is 80.7 Å². The first-order valence-electron chi connectivity index (χ1n) is 6.34. The third kappa shape index (κ3) is 3.68. The van der Waals surface area contributed by atoms with Gasteiger partial charge in [-0.05, 0) is 25.3 Å². The molecule has 1 heterocycles. The first-order chi connectivity index (χ1) is 10.2. The zero-order valence-corrected chi connectivity index (χ0v) is 13.5. The van der Waals surface area contributed by atoms with Gasteiger partial charge in [-0.1, -0.05) is 11.2 Å². The summed E-state index contributed by atoms with van der Waals surface area (Å²) in [5.41, 5.74) is 9.27. The largest absolute Gasteiger partial charge is 0.492 e. The van der Waals surface area contributed by atoms with Crippen molar-refractivity contribution in [3.63, 3.8) is 0 Å². The number of aromatic nitrogens is 1. The zero-order valence-electron chi connectivity index (χ0n) is 11.9. The Balaban J connectivity index is 2.14. The standard InChI is InChI=1S/C14H17N3O2S2/c1-9-11(21-8-16-9)6-7-19-10-4-3-5-12(20-2)13(10)14(15)17-18/h3-5,8,18H,6-7H2,1-2H3,(H2,15,17). The fourth-order valence-corrected chi connectivity index (χ4v) is 3.31. The van der Waals surface area contributed by atoms with E-state index in [1.54, 1.807) is 11.3 Å². The molecule has 0 radical (unpaired) electrons. The predicted octanol–water partition coefficient (Wildman–Crippen LogP) is 2.89. The van der Waals surface area contributed by atoms with Crippen LogP contribution in [0.5, 0.6) is 5.75 Å².